The van der Waals surface area contributed by atoms with E-state index in [0.29, 0.717) is 21.7 Å². The van der Waals surface area contributed by atoms with Crippen LogP contribution >= 0.6 is 38.9 Å². The minimum absolute atomic E-state index is 0.129. The highest BCUT2D eigenvalue weighted by atomic mass is 79.9. The first-order valence-corrected chi connectivity index (χ1v) is 9.26. The minimum Gasteiger partial charge on any atom is -0.206 e. The summed E-state index contributed by atoms with van der Waals surface area (Å²) >= 11 is 10.1. The van der Waals surface area contributed by atoms with Crippen LogP contribution in [0.25, 0.3) is 0 Å². The molecule has 1 saturated carbocycles. The van der Waals surface area contributed by atoms with Gasteiger partial charge >= 0.3 is 0 Å². The fourth-order valence-corrected chi connectivity index (χ4v) is 5.93. The van der Waals surface area contributed by atoms with Gasteiger partial charge in [0.2, 0.25) is 0 Å². The number of rotatable bonds is 3. The molecule has 1 heterocycles. The molecule has 0 aromatic carbocycles. The zero-order valence-corrected chi connectivity index (χ0v) is 13.9. The van der Waals surface area contributed by atoms with Crippen LogP contribution < -0.4 is 4.72 Å². The molecule has 1 aromatic rings. The Morgan fingerprint density at radius 3 is 2.53 bits per heavy atom. The molecule has 1 aliphatic carbocycles. The monoisotopic (exact) mass is 382 g/mol. The van der Waals surface area contributed by atoms with E-state index in [1.54, 1.807) is 0 Å². The second-order valence-electron chi connectivity index (χ2n) is 4.55. The number of thiophene rings is 1. The molecular weight excluding hydrogens is 372 g/mol. The van der Waals surface area contributed by atoms with Crippen molar-refractivity contribution in [2.24, 2.45) is 0 Å². The Balaban J connectivity index is 2.28. The van der Waals surface area contributed by atoms with Gasteiger partial charge in [0, 0.05) is 0 Å². The normalized spacial score (nSPS) is 19.0. The van der Waals surface area contributed by atoms with Crippen LogP contribution in [0.2, 0.25) is 5.02 Å². The molecule has 0 aliphatic heterocycles. The van der Waals surface area contributed by atoms with Crippen molar-refractivity contribution in [1.29, 1.82) is 5.26 Å². The van der Waals surface area contributed by atoms with E-state index in [9.17, 15) is 13.7 Å². The molecule has 2 rings (SSSR count). The standard InChI is InChI=1S/C11H12BrClN2O2S2/c12-10-8(13)6-9(18-10)19(16,17)15-11(7-14)4-2-1-3-5-11/h6,15H,1-5H2. The third-order valence-corrected chi connectivity index (χ3v) is 7.62. The third-order valence-electron chi connectivity index (χ3n) is 3.14. The number of halogens is 2. The summed E-state index contributed by atoms with van der Waals surface area (Å²) in [6.45, 7) is 0. The number of hydrogen-bond donors (Lipinski definition) is 1. The molecular formula is C11H12BrClN2O2S2. The summed E-state index contributed by atoms with van der Waals surface area (Å²) in [5.41, 5.74) is -0.972. The zero-order valence-electron chi connectivity index (χ0n) is 9.95. The molecule has 104 valence electrons. The first-order valence-electron chi connectivity index (χ1n) is 5.79. The van der Waals surface area contributed by atoms with Crippen molar-refractivity contribution >= 4 is 48.9 Å². The molecule has 1 aromatic heterocycles. The summed E-state index contributed by atoms with van der Waals surface area (Å²) in [6.07, 6.45) is 3.89. The van der Waals surface area contributed by atoms with Crippen molar-refractivity contribution in [2.45, 2.75) is 41.9 Å². The van der Waals surface area contributed by atoms with Gasteiger partial charge in [-0.05, 0) is 34.8 Å². The van der Waals surface area contributed by atoms with Crippen LogP contribution in [0.3, 0.4) is 0 Å². The number of sulfonamides is 1. The van der Waals surface area contributed by atoms with E-state index in [1.165, 1.54) is 6.07 Å². The number of nitrogens with one attached hydrogen (secondary N) is 1. The maximum Gasteiger partial charge on any atom is 0.251 e. The Hall–Kier alpha value is -0.130. The highest BCUT2D eigenvalue weighted by Gasteiger charge is 2.37. The van der Waals surface area contributed by atoms with Crippen LogP contribution in [0.15, 0.2) is 14.1 Å². The van der Waals surface area contributed by atoms with Gasteiger partial charge in [0.25, 0.3) is 10.0 Å². The van der Waals surface area contributed by atoms with Gasteiger partial charge in [-0.15, -0.1) is 11.3 Å². The van der Waals surface area contributed by atoms with Crippen molar-refractivity contribution in [2.75, 3.05) is 0 Å². The Kier molecular flexibility index (Phi) is 4.58. The average Bonchev–Trinajstić information content (AvgIpc) is 2.71. The van der Waals surface area contributed by atoms with E-state index in [1.807, 2.05) is 0 Å². The highest BCUT2D eigenvalue weighted by molar-refractivity contribution is 9.11. The van der Waals surface area contributed by atoms with Crippen LogP contribution in [0.4, 0.5) is 0 Å². The van der Waals surface area contributed by atoms with E-state index < -0.39 is 15.6 Å². The lowest BCUT2D eigenvalue weighted by molar-refractivity contribution is 0.338. The Morgan fingerprint density at radius 2 is 2.05 bits per heavy atom. The lowest BCUT2D eigenvalue weighted by Crippen LogP contribution is -2.48. The van der Waals surface area contributed by atoms with Gasteiger partial charge in [-0.3, -0.25) is 0 Å². The van der Waals surface area contributed by atoms with Crippen molar-refractivity contribution in [3.8, 4) is 6.07 Å². The van der Waals surface area contributed by atoms with Crippen molar-refractivity contribution in [3.05, 3.63) is 14.9 Å². The summed E-state index contributed by atoms with van der Waals surface area (Å²) in [4.78, 5) is 0. The molecule has 1 N–H and O–H groups in total. The smallest absolute Gasteiger partial charge is 0.206 e. The molecule has 4 nitrogen and oxygen atoms in total. The zero-order chi connectivity index (χ0) is 14.1. The second kappa shape index (κ2) is 5.70. The molecule has 0 unspecified atom stereocenters. The molecule has 0 atom stereocenters. The van der Waals surface area contributed by atoms with Crippen molar-refractivity contribution < 1.29 is 8.42 Å². The van der Waals surface area contributed by atoms with Crippen LogP contribution in [-0.4, -0.2) is 14.0 Å². The van der Waals surface area contributed by atoms with Gasteiger partial charge in [0.15, 0.2) is 0 Å². The molecule has 0 spiro atoms. The fraction of sp³-hybridized carbons (Fsp3) is 0.545. The second-order valence-corrected chi connectivity index (χ2v) is 9.23. The SMILES string of the molecule is N#CC1(NS(=O)(=O)c2cc(Cl)c(Br)s2)CCCCC1. The minimum atomic E-state index is -3.70. The van der Waals surface area contributed by atoms with E-state index in [4.69, 9.17) is 11.6 Å². The topological polar surface area (TPSA) is 70.0 Å². The average molecular weight is 384 g/mol. The van der Waals surface area contributed by atoms with E-state index in [-0.39, 0.29) is 4.21 Å². The molecule has 0 radical (unpaired) electrons. The summed E-state index contributed by atoms with van der Waals surface area (Å²) in [7, 11) is -3.70. The lowest BCUT2D eigenvalue weighted by Gasteiger charge is -2.30. The van der Waals surface area contributed by atoms with Crippen LogP contribution in [0.1, 0.15) is 32.1 Å². The highest BCUT2D eigenvalue weighted by Crippen LogP contribution is 2.36. The Labute approximate surface area is 129 Å². The van der Waals surface area contributed by atoms with E-state index in [0.717, 1.165) is 30.6 Å². The first kappa shape index (κ1) is 15.3. The third kappa shape index (κ3) is 3.31. The number of hydrogen-bond acceptors (Lipinski definition) is 4. The quantitative estimate of drug-likeness (QED) is 0.865. The van der Waals surface area contributed by atoms with Crippen LogP contribution in [-0.2, 0) is 10.0 Å². The Morgan fingerprint density at radius 1 is 1.42 bits per heavy atom. The molecule has 1 aliphatic rings. The van der Waals surface area contributed by atoms with E-state index in [2.05, 4.69) is 26.7 Å². The summed E-state index contributed by atoms with van der Waals surface area (Å²) in [5, 5.41) is 9.66. The van der Waals surface area contributed by atoms with Gasteiger partial charge in [0.1, 0.15) is 9.75 Å². The maximum absolute atomic E-state index is 12.3. The van der Waals surface area contributed by atoms with Gasteiger partial charge in [-0.25, -0.2) is 8.42 Å². The molecule has 19 heavy (non-hydrogen) atoms. The molecule has 1 fully saturated rings. The largest absolute Gasteiger partial charge is 0.251 e. The predicted molar refractivity (Wildman–Crippen MR) is 78.8 cm³/mol. The van der Waals surface area contributed by atoms with Gasteiger partial charge in [0.05, 0.1) is 14.9 Å². The summed E-state index contributed by atoms with van der Waals surface area (Å²) < 4.78 is 27.9. The van der Waals surface area contributed by atoms with Gasteiger partial charge in [-0.2, -0.15) is 9.98 Å². The summed E-state index contributed by atoms with van der Waals surface area (Å²) in [5.74, 6) is 0. The molecule has 0 saturated heterocycles. The molecule has 8 heteroatoms. The lowest BCUT2D eigenvalue weighted by atomic mass is 9.84. The van der Waals surface area contributed by atoms with Crippen LogP contribution in [0, 0.1) is 11.3 Å². The fourth-order valence-electron chi connectivity index (χ4n) is 2.16. The molecule has 0 amide bonds. The first-order chi connectivity index (χ1) is 8.88. The van der Waals surface area contributed by atoms with Gasteiger partial charge in [-0.1, -0.05) is 30.9 Å². The predicted octanol–water partition coefficient (Wildman–Crippen LogP) is 3.67. The number of nitriles is 1. The summed E-state index contributed by atoms with van der Waals surface area (Å²) in [6, 6.07) is 3.53. The van der Waals surface area contributed by atoms with Crippen molar-refractivity contribution in [1.82, 2.24) is 4.72 Å². The van der Waals surface area contributed by atoms with Crippen molar-refractivity contribution in [3.63, 3.8) is 0 Å². The number of nitrogens with zero attached hydrogens (tertiary/aromatic N) is 1. The maximum atomic E-state index is 12.3. The molecule has 0 bridgehead atoms. The Bertz CT molecular complexity index is 596. The van der Waals surface area contributed by atoms with E-state index >= 15 is 0 Å². The van der Waals surface area contributed by atoms with Gasteiger partial charge < -0.3 is 0 Å². The van der Waals surface area contributed by atoms with Crippen LogP contribution in [0.5, 0.6) is 0 Å².